The molecule has 0 amide bonds. The first kappa shape index (κ1) is 17.0. The summed E-state index contributed by atoms with van der Waals surface area (Å²) in [6.07, 6.45) is 1.46. The second kappa shape index (κ2) is 6.57. The normalized spacial score (nSPS) is 11.3. The highest BCUT2D eigenvalue weighted by molar-refractivity contribution is 7.90. The van der Waals surface area contributed by atoms with Gasteiger partial charge in [-0.25, -0.2) is 12.4 Å². The van der Waals surface area contributed by atoms with Crippen molar-refractivity contribution in [3.63, 3.8) is 0 Å². The third-order valence-electron chi connectivity index (χ3n) is 3.81. The van der Waals surface area contributed by atoms with Crippen LogP contribution in [-0.4, -0.2) is 25.3 Å². The molecule has 0 saturated carbocycles. The smallest absolute Gasteiger partial charge is 0.268 e. The molecule has 0 atom stereocenters. The summed E-state index contributed by atoms with van der Waals surface area (Å²) in [6.45, 7) is 1.75. The first-order chi connectivity index (χ1) is 11.9. The van der Waals surface area contributed by atoms with Crippen molar-refractivity contribution in [1.82, 2.24) is 3.97 Å². The molecule has 25 heavy (non-hydrogen) atoms. The molecule has 128 valence electrons. The van der Waals surface area contributed by atoms with Gasteiger partial charge in [0.1, 0.15) is 11.4 Å². The Morgan fingerprint density at radius 3 is 2.24 bits per heavy atom. The Morgan fingerprint density at radius 1 is 1.00 bits per heavy atom. The number of benzene rings is 2. The molecule has 0 aliphatic heterocycles. The highest BCUT2D eigenvalue weighted by Gasteiger charge is 2.24. The number of carbonyl (C=O) groups excluding carboxylic acids is 1. The van der Waals surface area contributed by atoms with Crippen molar-refractivity contribution in [1.29, 1.82) is 0 Å². The average Bonchev–Trinajstić information content (AvgIpc) is 3.04. The van der Waals surface area contributed by atoms with Crippen molar-refractivity contribution in [2.75, 3.05) is 7.11 Å². The van der Waals surface area contributed by atoms with E-state index >= 15 is 0 Å². The largest absolute Gasteiger partial charge is 0.497 e. The van der Waals surface area contributed by atoms with Crippen LogP contribution in [0.25, 0.3) is 0 Å². The van der Waals surface area contributed by atoms with Crippen molar-refractivity contribution >= 4 is 15.8 Å². The standard InChI is InChI=1S/C19H17NO4S/c1-14-12-18(19(21)15-8-10-16(24-2)11-9-15)20(13-14)25(22,23)17-6-4-3-5-7-17/h3-13H,1-2H3. The van der Waals surface area contributed by atoms with E-state index in [9.17, 15) is 13.2 Å². The zero-order valence-corrected chi connectivity index (χ0v) is 14.7. The molecule has 0 aliphatic carbocycles. The zero-order valence-electron chi connectivity index (χ0n) is 13.8. The lowest BCUT2D eigenvalue weighted by Gasteiger charge is -2.10. The zero-order chi connectivity index (χ0) is 18.0. The first-order valence-electron chi connectivity index (χ1n) is 7.62. The van der Waals surface area contributed by atoms with E-state index in [1.807, 2.05) is 0 Å². The molecule has 0 unspecified atom stereocenters. The molecular formula is C19H17NO4S. The monoisotopic (exact) mass is 355 g/mol. The van der Waals surface area contributed by atoms with Crippen LogP contribution in [0, 0.1) is 6.92 Å². The van der Waals surface area contributed by atoms with Crippen molar-refractivity contribution in [2.45, 2.75) is 11.8 Å². The van der Waals surface area contributed by atoms with Crippen molar-refractivity contribution in [2.24, 2.45) is 0 Å². The molecule has 0 fully saturated rings. The van der Waals surface area contributed by atoms with Crippen LogP contribution in [-0.2, 0) is 10.0 Å². The molecule has 0 saturated heterocycles. The third-order valence-corrected chi connectivity index (χ3v) is 5.50. The minimum Gasteiger partial charge on any atom is -0.497 e. The Balaban J connectivity index is 2.08. The van der Waals surface area contributed by atoms with Crippen molar-refractivity contribution in [3.8, 4) is 5.75 Å². The van der Waals surface area contributed by atoms with E-state index < -0.39 is 10.0 Å². The SMILES string of the molecule is COc1ccc(C(=O)c2cc(C)cn2S(=O)(=O)c2ccccc2)cc1. The summed E-state index contributed by atoms with van der Waals surface area (Å²) in [6, 6.07) is 16.2. The fourth-order valence-electron chi connectivity index (χ4n) is 2.53. The Bertz CT molecular complexity index is 1000. The Kier molecular flexibility index (Phi) is 4.46. The molecule has 3 rings (SSSR count). The molecule has 0 bridgehead atoms. The van der Waals surface area contributed by atoms with Gasteiger partial charge in [0, 0.05) is 11.8 Å². The summed E-state index contributed by atoms with van der Waals surface area (Å²) in [7, 11) is -2.30. The van der Waals surface area contributed by atoms with Gasteiger partial charge in [-0.3, -0.25) is 4.79 Å². The number of rotatable bonds is 5. The molecule has 5 nitrogen and oxygen atoms in total. The van der Waals surface area contributed by atoms with Crippen LogP contribution >= 0.6 is 0 Å². The molecule has 3 aromatic rings. The Hall–Kier alpha value is -2.86. The molecule has 0 N–H and O–H groups in total. The van der Waals surface area contributed by atoms with E-state index in [1.165, 1.54) is 25.4 Å². The van der Waals surface area contributed by atoms with Crippen LogP contribution in [0.15, 0.2) is 71.8 Å². The van der Waals surface area contributed by atoms with Crippen molar-refractivity contribution < 1.29 is 17.9 Å². The molecule has 2 aromatic carbocycles. The van der Waals surface area contributed by atoms with E-state index in [4.69, 9.17) is 4.74 Å². The van der Waals surface area contributed by atoms with Crippen LogP contribution in [0.3, 0.4) is 0 Å². The number of nitrogens with zero attached hydrogens (tertiary/aromatic N) is 1. The molecule has 6 heteroatoms. The maximum atomic E-state index is 12.9. The number of aromatic nitrogens is 1. The predicted octanol–water partition coefficient (Wildman–Crippen LogP) is 3.27. The van der Waals surface area contributed by atoms with Gasteiger partial charge in [-0.15, -0.1) is 0 Å². The fraction of sp³-hybridized carbons (Fsp3) is 0.105. The number of ketones is 1. The quantitative estimate of drug-likeness (QED) is 0.659. The highest BCUT2D eigenvalue weighted by Crippen LogP contribution is 2.22. The maximum absolute atomic E-state index is 12.9. The fourth-order valence-corrected chi connectivity index (χ4v) is 3.96. The summed E-state index contributed by atoms with van der Waals surface area (Å²) in [5.41, 5.74) is 1.19. The van der Waals surface area contributed by atoms with Gasteiger partial charge >= 0.3 is 0 Å². The number of ether oxygens (including phenoxy) is 1. The number of hydrogen-bond acceptors (Lipinski definition) is 4. The molecule has 0 aliphatic rings. The average molecular weight is 355 g/mol. The van der Waals surface area contributed by atoms with Gasteiger partial charge < -0.3 is 4.74 Å². The lowest BCUT2D eigenvalue weighted by molar-refractivity contribution is 0.103. The summed E-state index contributed by atoms with van der Waals surface area (Å²) in [5.74, 6) is 0.260. The van der Waals surface area contributed by atoms with Crippen molar-refractivity contribution in [3.05, 3.63) is 83.7 Å². The van der Waals surface area contributed by atoms with E-state index in [1.54, 1.807) is 55.5 Å². The van der Waals surface area contributed by atoms with E-state index in [0.717, 1.165) is 3.97 Å². The molecule has 1 aromatic heterocycles. The molecule has 0 radical (unpaired) electrons. The van der Waals surface area contributed by atoms with Gasteiger partial charge in [-0.1, -0.05) is 18.2 Å². The topological polar surface area (TPSA) is 65.4 Å². The van der Waals surface area contributed by atoms with Gasteiger partial charge in [-0.05, 0) is 55.0 Å². The van der Waals surface area contributed by atoms with Crippen LogP contribution in [0.2, 0.25) is 0 Å². The minimum absolute atomic E-state index is 0.103. The van der Waals surface area contributed by atoms with Gasteiger partial charge in [0.05, 0.1) is 12.0 Å². The van der Waals surface area contributed by atoms with E-state index in [0.29, 0.717) is 16.9 Å². The van der Waals surface area contributed by atoms with Crippen LogP contribution in [0.1, 0.15) is 21.6 Å². The van der Waals surface area contributed by atoms with Gasteiger partial charge in [-0.2, -0.15) is 0 Å². The number of methoxy groups -OCH3 is 1. The second-order valence-electron chi connectivity index (χ2n) is 5.57. The van der Waals surface area contributed by atoms with Crippen LogP contribution in [0.4, 0.5) is 0 Å². The van der Waals surface area contributed by atoms with Gasteiger partial charge in [0.15, 0.2) is 0 Å². The lowest BCUT2D eigenvalue weighted by atomic mass is 10.1. The van der Waals surface area contributed by atoms with E-state index in [2.05, 4.69) is 0 Å². The summed E-state index contributed by atoms with van der Waals surface area (Å²) in [5, 5.41) is 0. The Labute approximate surface area is 146 Å². The third kappa shape index (κ3) is 3.21. The minimum atomic E-state index is -3.84. The molecular weight excluding hydrogens is 338 g/mol. The lowest BCUT2D eigenvalue weighted by Crippen LogP contribution is -2.18. The maximum Gasteiger partial charge on any atom is 0.268 e. The predicted molar refractivity (Wildman–Crippen MR) is 94.6 cm³/mol. The summed E-state index contributed by atoms with van der Waals surface area (Å²) in [4.78, 5) is 13.0. The molecule has 0 spiro atoms. The molecule has 1 heterocycles. The summed E-state index contributed by atoms with van der Waals surface area (Å²) < 4.78 is 31.9. The van der Waals surface area contributed by atoms with E-state index in [-0.39, 0.29) is 16.4 Å². The number of carbonyl (C=O) groups is 1. The highest BCUT2D eigenvalue weighted by atomic mass is 32.2. The van der Waals surface area contributed by atoms with Crippen LogP contribution < -0.4 is 4.74 Å². The van der Waals surface area contributed by atoms with Gasteiger partial charge in [0.25, 0.3) is 10.0 Å². The van der Waals surface area contributed by atoms with Gasteiger partial charge in [0.2, 0.25) is 5.78 Å². The number of aryl methyl sites for hydroxylation is 1. The Morgan fingerprint density at radius 2 is 1.64 bits per heavy atom. The first-order valence-corrected chi connectivity index (χ1v) is 9.06. The summed E-state index contributed by atoms with van der Waals surface area (Å²) >= 11 is 0. The second-order valence-corrected chi connectivity index (χ2v) is 7.39. The number of hydrogen-bond donors (Lipinski definition) is 0. The van der Waals surface area contributed by atoms with Crippen LogP contribution in [0.5, 0.6) is 5.75 Å².